The summed E-state index contributed by atoms with van der Waals surface area (Å²) < 4.78 is 11.2. The van der Waals surface area contributed by atoms with Crippen LogP contribution in [0.25, 0.3) is 0 Å². The van der Waals surface area contributed by atoms with Crippen LogP contribution in [0.1, 0.15) is 22.8 Å². The molecule has 0 aliphatic rings. The van der Waals surface area contributed by atoms with E-state index in [0.29, 0.717) is 16.9 Å². The molecule has 0 aliphatic carbocycles. The number of nitrogens with zero attached hydrogens (tertiary/aromatic N) is 2. The Balaban J connectivity index is 2.97. The van der Waals surface area contributed by atoms with Crippen LogP contribution in [0.5, 0.6) is 0 Å². The molecule has 0 heterocycles. The van der Waals surface area contributed by atoms with E-state index in [-0.39, 0.29) is 17.6 Å². The standard InChI is InChI=1S/C13H18N2O4S/c1-9-7-11(15(17)18)5-6-12(9)13(16)14(3)10(2)8-20(4)19/h5-7,10H,8H2,1-4H3/t10-,20+/m1/s1. The van der Waals surface area contributed by atoms with E-state index in [9.17, 15) is 19.1 Å². The first-order valence-corrected chi connectivity index (χ1v) is 7.79. The highest BCUT2D eigenvalue weighted by Crippen LogP contribution is 2.19. The van der Waals surface area contributed by atoms with Gasteiger partial charge in [-0.1, -0.05) is 0 Å². The minimum Gasteiger partial charge on any atom is -0.338 e. The van der Waals surface area contributed by atoms with Crippen molar-refractivity contribution < 1.29 is 13.9 Å². The Kier molecular flexibility index (Phi) is 5.38. The number of nitro groups is 1. The SMILES string of the molecule is Cc1cc([N+](=O)[O-])ccc1C(=O)N(C)[C@H](C)C[S@](C)=O. The van der Waals surface area contributed by atoms with Gasteiger partial charge in [0.15, 0.2) is 0 Å². The first kappa shape index (κ1) is 16.3. The largest absolute Gasteiger partial charge is 0.338 e. The van der Waals surface area contributed by atoms with Gasteiger partial charge in [-0.25, -0.2) is 0 Å². The molecule has 7 heteroatoms. The van der Waals surface area contributed by atoms with Gasteiger partial charge in [0.25, 0.3) is 11.6 Å². The molecule has 0 radical (unpaired) electrons. The molecule has 0 N–H and O–H groups in total. The molecule has 6 nitrogen and oxygen atoms in total. The molecule has 110 valence electrons. The summed E-state index contributed by atoms with van der Waals surface area (Å²) in [5, 5.41) is 10.7. The number of nitro benzene ring substituents is 1. The summed E-state index contributed by atoms with van der Waals surface area (Å²) >= 11 is 0. The molecule has 1 amide bonds. The number of hydrogen-bond acceptors (Lipinski definition) is 4. The topological polar surface area (TPSA) is 80.5 Å². The zero-order valence-electron chi connectivity index (χ0n) is 12.0. The summed E-state index contributed by atoms with van der Waals surface area (Å²) in [4.78, 5) is 24.0. The molecule has 2 atom stereocenters. The van der Waals surface area contributed by atoms with Crippen molar-refractivity contribution in [2.75, 3.05) is 19.1 Å². The average Bonchev–Trinajstić information content (AvgIpc) is 2.35. The van der Waals surface area contributed by atoms with Crippen molar-refractivity contribution in [1.29, 1.82) is 0 Å². The lowest BCUT2D eigenvalue weighted by atomic mass is 10.1. The van der Waals surface area contributed by atoms with Gasteiger partial charge < -0.3 is 4.90 Å². The van der Waals surface area contributed by atoms with E-state index in [0.717, 1.165) is 0 Å². The Bertz CT molecular complexity index is 559. The van der Waals surface area contributed by atoms with Gasteiger partial charge in [-0.2, -0.15) is 0 Å². The van der Waals surface area contributed by atoms with Gasteiger partial charge in [0, 0.05) is 53.6 Å². The molecule has 0 saturated heterocycles. The maximum Gasteiger partial charge on any atom is 0.269 e. The lowest BCUT2D eigenvalue weighted by Gasteiger charge is -2.24. The molecule has 0 aromatic heterocycles. The summed E-state index contributed by atoms with van der Waals surface area (Å²) in [7, 11) is 0.652. The van der Waals surface area contributed by atoms with Gasteiger partial charge in [-0.3, -0.25) is 19.1 Å². The second kappa shape index (κ2) is 6.60. The number of rotatable bonds is 5. The molecular formula is C13H18N2O4S. The van der Waals surface area contributed by atoms with Gasteiger partial charge in [0.1, 0.15) is 0 Å². The molecule has 0 bridgehead atoms. The Morgan fingerprint density at radius 3 is 2.55 bits per heavy atom. The van der Waals surface area contributed by atoms with Crippen LogP contribution < -0.4 is 0 Å². The molecular weight excluding hydrogens is 280 g/mol. The van der Waals surface area contributed by atoms with Crippen LogP contribution in [-0.4, -0.2) is 45.0 Å². The summed E-state index contributed by atoms with van der Waals surface area (Å²) in [6.45, 7) is 3.48. The van der Waals surface area contributed by atoms with Crippen LogP contribution in [0.4, 0.5) is 5.69 Å². The Morgan fingerprint density at radius 1 is 1.50 bits per heavy atom. The number of aryl methyl sites for hydroxylation is 1. The van der Waals surface area contributed by atoms with E-state index >= 15 is 0 Å². The zero-order chi connectivity index (χ0) is 15.4. The zero-order valence-corrected chi connectivity index (χ0v) is 12.8. The second-order valence-electron chi connectivity index (χ2n) is 4.76. The molecule has 20 heavy (non-hydrogen) atoms. The lowest BCUT2D eigenvalue weighted by molar-refractivity contribution is -0.384. The predicted octanol–water partition coefficient (Wildman–Crippen LogP) is 1.74. The van der Waals surface area contributed by atoms with Crippen molar-refractivity contribution in [1.82, 2.24) is 4.90 Å². The first-order chi connectivity index (χ1) is 9.23. The minimum atomic E-state index is -0.988. The highest BCUT2D eigenvalue weighted by molar-refractivity contribution is 7.84. The van der Waals surface area contributed by atoms with Crippen molar-refractivity contribution in [2.45, 2.75) is 19.9 Å². The van der Waals surface area contributed by atoms with Crippen LogP contribution in [0.15, 0.2) is 18.2 Å². The maximum atomic E-state index is 12.3. The number of benzene rings is 1. The van der Waals surface area contributed by atoms with Crippen molar-refractivity contribution in [3.05, 3.63) is 39.4 Å². The molecule has 0 saturated carbocycles. The summed E-state index contributed by atoms with van der Waals surface area (Å²) in [6.07, 6.45) is 1.59. The Hall–Kier alpha value is -1.76. The smallest absolute Gasteiger partial charge is 0.269 e. The van der Waals surface area contributed by atoms with Crippen LogP contribution >= 0.6 is 0 Å². The van der Waals surface area contributed by atoms with Gasteiger partial charge >= 0.3 is 0 Å². The fourth-order valence-electron chi connectivity index (χ4n) is 1.84. The van der Waals surface area contributed by atoms with E-state index in [4.69, 9.17) is 0 Å². The van der Waals surface area contributed by atoms with Crippen molar-refractivity contribution in [3.8, 4) is 0 Å². The molecule has 1 aromatic carbocycles. The molecule has 1 rings (SSSR count). The highest BCUT2D eigenvalue weighted by atomic mass is 32.2. The normalized spacial score (nSPS) is 13.6. The van der Waals surface area contributed by atoms with E-state index in [1.807, 2.05) is 6.92 Å². The summed E-state index contributed by atoms with van der Waals surface area (Å²) in [6, 6.07) is 3.99. The van der Waals surface area contributed by atoms with Crippen LogP contribution in [-0.2, 0) is 10.8 Å². The highest BCUT2D eigenvalue weighted by Gasteiger charge is 2.21. The quantitative estimate of drug-likeness (QED) is 0.612. The number of non-ortho nitro benzene ring substituents is 1. The second-order valence-corrected chi connectivity index (χ2v) is 6.24. The number of carbonyl (C=O) groups excluding carboxylic acids is 1. The van der Waals surface area contributed by atoms with Crippen molar-refractivity contribution >= 4 is 22.4 Å². The van der Waals surface area contributed by atoms with Crippen molar-refractivity contribution in [2.24, 2.45) is 0 Å². The van der Waals surface area contributed by atoms with E-state index in [1.165, 1.54) is 23.1 Å². The molecule has 0 aliphatic heterocycles. The minimum absolute atomic E-state index is 0.0376. The molecule has 0 spiro atoms. The van der Waals surface area contributed by atoms with Crippen LogP contribution in [0.2, 0.25) is 0 Å². The van der Waals surface area contributed by atoms with Crippen molar-refractivity contribution in [3.63, 3.8) is 0 Å². The molecule has 0 unspecified atom stereocenters. The third-order valence-corrected chi connectivity index (χ3v) is 4.06. The summed E-state index contributed by atoms with van der Waals surface area (Å²) in [5.74, 6) is 0.171. The van der Waals surface area contributed by atoms with Gasteiger partial charge in [0.2, 0.25) is 0 Å². The van der Waals surface area contributed by atoms with Gasteiger partial charge in [-0.05, 0) is 25.5 Å². The summed E-state index contributed by atoms with van der Waals surface area (Å²) in [5.41, 5.74) is 0.942. The average molecular weight is 298 g/mol. The number of carbonyl (C=O) groups is 1. The Labute approximate surface area is 120 Å². The fourth-order valence-corrected chi connectivity index (χ4v) is 2.75. The number of hydrogen-bond donors (Lipinski definition) is 0. The lowest BCUT2D eigenvalue weighted by Crippen LogP contribution is -2.38. The third-order valence-electron chi connectivity index (χ3n) is 3.11. The molecule has 1 aromatic rings. The number of amides is 1. The van der Waals surface area contributed by atoms with E-state index in [1.54, 1.807) is 20.2 Å². The maximum absolute atomic E-state index is 12.3. The van der Waals surface area contributed by atoms with Crippen LogP contribution in [0.3, 0.4) is 0 Å². The van der Waals surface area contributed by atoms with E-state index in [2.05, 4.69) is 0 Å². The monoisotopic (exact) mass is 298 g/mol. The van der Waals surface area contributed by atoms with E-state index < -0.39 is 15.7 Å². The van der Waals surface area contributed by atoms with Gasteiger partial charge in [0.05, 0.1) is 4.92 Å². The fraction of sp³-hybridized carbons (Fsp3) is 0.462. The van der Waals surface area contributed by atoms with Crippen LogP contribution in [0, 0.1) is 17.0 Å². The molecule has 0 fully saturated rings. The Morgan fingerprint density at radius 2 is 2.10 bits per heavy atom. The third kappa shape index (κ3) is 3.86. The predicted molar refractivity (Wildman–Crippen MR) is 78.3 cm³/mol. The van der Waals surface area contributed by atoms with Gasteiger partial charge in [-0.15, -0.1) is 0 Å². The first-order valence-electron chi connectivity index (χ1n) is 6.06.